The number of benzene rings is 2. The quantitative estimate of drug-likeness (QED) is 0.589. The zero-order chi connectivity index (χ0) is 15.4. The van der Waals surface area contributed by atoms with Gasteiger partial charge in [-0.25, -0.2) is 0 Å². The fraction of sp³-hybridized carbons (Fsp3) is 0.368. The molecular weight excluding hydrogens is 260 g/mol. The molecule has 2 nitrogen and oxygen atoms in total. The summed E-state index contributed by atoms with van der Waals surface area (Å²) in [6.45, 7) is 12.7. The van der Waals surface area contributed by atoms with Gasteiger partial charge in [-0.05, 0) is 63.8 Å². The third-order valence-corrected chi connectivity index (χ3v) is 4.26. The molecular formula is C19H22O2. The van der Waals surface area contributed by atoms with E-state index in [-0.39, 0.29) is 0 Å². The maximum Gasteiger partial charge on any atom is 0.285 e. The molecule has 1 fully saturated rings. The Kier molecular flexibility index (Phi) is 3.19. The number of hydrogen-bond acceptors (Lipinski definition) is 2. The van der Waals surface area contributed by atoms with Crippen LogP contribution >= 0.6 is 0 Å². The zero-order valence-corrected chi connectivity index (χ0v) is 13.6. The molecule has 0 bridgehead atoms. The molecule has 1 aliphatic rings. The molecule has 110 valence electrons. The minimum Gasteiger partial charge on any atom is -0.184 e. The largest absolute Gasteiger partial charge is 0.285 e. The molecule has 0 amide bonds. The van der Waals surface area contributed by atoms with E-state index in [1.807, 2.05) is 0 Å². The van der Waals surface area contributed by atoms with Crippen molar-refractivity contribution < 1.29 is 9.78 Å². The molecule has 0 N–H and O–H groups in total. The molecule has 0 unspecified atom stereocenters. The van der Waals surface area contributed by atoms with Crippen LogP contribution in [0.15, 0.2) is 24.3 Å². The smallest absolute Gasteiger partial charge is 0.184 e. The van der Waals surface area contributed by atoms with Crippen molar-refractivity contribution in [2.45, 2.75) is 47.3 Å². The molecule has 1 saturated heterocycles. The van der Waals surface area contributed by atoms with Gasteiger partial charge in [0.05, 0.1) is 0 Å². The van der Waals surface area contributed by atoms with Gasteiger partial charge in [-0.3, -0.25) is 0 Å². The van der Waals surface area contributed by atoms with Crippen molar-refractivity contribution in [2.75, 3.05) is 0 Å². The first-order valence-corrected chi connectivity index (χ1v) is 7.38. The van der Waals surface area contributed by atoms with E-state index in [9.17, 15) is 0 Å². The molecule has 0 aromatic heterocycles. The van der Waals surface area contributed by atoms with Gasteiger partial charge in [0.15, 0.2) is 0 Å². The van der Waals surface area contributed by atoms with Crippen molar-refractivity contribution in [2.24, 2.45) is 0 Å². The van der Waals surface area contributed by atoms with Crippen LogP contribution in [0.3, 0.4) is 0 Å². The van der Waals surface area contributed by atoms with E-state index in [2.05, 4.69) is 65.8 Å². The molecule has 0 spiro atoms. The first-order chi connectivity index (χ1) is 9.85. The maximum atomic E-state index is 5.57. The lowest BCUT2D eigenvalue weighted by Crippen LogP contribution is -2.17. The minimum absolute atomic E-state index is 0.719. The summed E-state index contributed by atoms with van der Waals surface area (Å²) in [4.78, 5) is 11.1. The van der Waals surface area contributed by atoms with Gasteiger partial charge in [-0.2, -0.15) is 9.78 Å². The van der Waals surface area contributed by atoms with Gasteiger partial charge < -0.3 is 0 Å². The van der Waals surface area contributed by atoms with E-state index >= 15 is 0 Å². The first-order valence-electron chi connectivity index (χ1n) is 7.38. The van der Waals surface area contributed by atoms with Crippen molar-refractivity contribution in [3.63, 3.8) is 0 Å². The molecule has 3 rings (SSSR count). The van der Waals surface area contributed by atoms with E-state index < -0.39 is 5.79 Å². The molecule has 0 saturated carbocycles. The lowest BCUT2D eigenvalue weighted by molar-refractivity contribution is 0.0850. The van der Waals surface area contributed by atoms with Crippen LogP contribution in [0.4, 0.5) is 0 Å². The molecule has 0 atom stereocenters. The number of hydrogen-bond donors (Lipinski definition) is 0. The van der Waals surface area contributed by atoms with Crippen molar-refractivity contribution >= 4 is 0 Å². The third-order valence-electron chi connectivity index (χ3n) is 4.26. The van der Waals surface area contributed by atoms with E-state index in [0.717, 1.165) is 11.1 Å². The highest BCUT2D eigenvalue weighted by Gasteiger charge is 2.55. The topological polar surface area (TPSA) is 25.1 Å². The Balaban J connectivity index is 2.24. The van der Waals surface area contributed by atoms with Crippen LogP contribution in [-0.4, -0.2) is 0 Å². The predicted octanol–water partition coefficient (Wildman–Crippen LogP) is 4.70. The summed E-state index contributed by atoms with van der Waals surface area (Å²) in [6, 6.07) is 8.75. The van der Waals surface area contributed by atoms with Crippen LogP contribution in [0.2, 0.25) is 0 Å². The van der Waals surface area contributed by atoms with Gasteiger partial charge in [0.25, 0.3) is 5.79 Å². The van der Waals surface area contributed by atoms with E-state index in [1.165, 1.54) is 33.4 Å². The lowest BCUT2D eigenvalue weighted by atomic mass is 9.85. The maximum absolute atomic E-state index is 5.57. The van der Waals surface area contributed by atoms with Crippen LogP contribution in [0.1, 0.15) is 44.5 Å². The molecule has 1 heterocycles. The third kappa shape index (κ3) is 2.19. The number of rotatable bonds is 2. The van der Waals surface area contributed by atoms with Crippen molar-refractivity contribution in [3.05, 3.63) is 68.8 Å². The molecule has 1 aliphatic heterocycles. The zero-order valence-electron chi connectivity index (χ0n) is 13.6. The molecule has 21 heavy (non-hydrogen) atoms. The Morgan fingerprint density at radius 1 is 0.571 bits per heavy atom. The molecule has 2 aromatic carbocycles. The second-order valence-corrected chi connectivity index (χ2v) is 6.33. The fourth-order valence-electron chi connectivity index (χ4n) is 3.73. The average molecular weight is 282 g/mol. The van der Waals surface area contributed by atoms with Crippen molar-refractivity contribution in [1.82, 2.24) is 0 Å². The van der Waals surface area contributed by atoms with E-state index in [1.54, 1.807) is 0 Å². The average Bonchev–Trinajstić information content (AvgIpc) is 3.06. The summed E-state index contributed by atoms with van der Waals surface area (Å²) in [6.07, 6.45) is 0. The van der Waals surface area contributed by atoms with Gasteiger partial charge in [0.1, 0.15) is 0 Å². The SMILES string of the molecule is Cc1cc(C)c(C2(c3c(C)cc(C)cc3C)OO2)c(C)c1. The fourth-order valence-corrected chi connectivity index (χ4v) is 3.73. The lowest BCUT2D eigenvalue weighted by Gasteiger charge is -2.19. The van der Waals surface area contributed by atoms with Crippen LogP contribution in [0.5, 0.6) is 0 Å². The van der Waals surface area contributed by atoms with Crippen LogP contribution in [-0.2, 0) is 15.6 Å². The van der Waals surface area contributed by atoms with E-state index in [4.69, 9.17) is 9.78 Å². The highest BCUT2D eigenvalue weighted by molar-refractivity contribution is 5.51. The molecule has 2 aromatic rings. The normalized spacial score (nSPS) is 16.1. The monoisotopic (exact) mass is 282 g/mol. The Morgan fingerprint density at radius 2 is 0.857 bits per heavy atom. The predicted molar refractivity (Wildman–Crippen MR) is 84.3 cm³/mol. The summed E-state index contributed by atoms with van der Waals surface area (Å²) in [5.74, 6) is -0.719. The molecule has 2 heteroatoms. The number of aryl methyl sites for hydroxylation is 6. The van der Waals surface area contributed by atoms with Crippen LogP contribution in [0.25, 0.3) is 0 Å². The second-order valence-electron chi connectivity index (χ2n) is 6.33. The van der Waals surface area contributed by atoms with Gasteiger partial charge in [-0.1, -0.05) is 35.4 Å². The summed E-state index contributed by atoms with van der Waals surface area (Å²) >= 11 is 0. The second kappa shape index (κ2) is 4.69. The summed E-state index contributed by atoms with van der Waals surface area (Å²) < 4.78 is 0. The van der Waals surface area contributed by atoms with Crippen molar-refractivity contribution in [1.29, 1.82) is 0 Å². The van der Waals surface area contributed by atoms with Gasteiger partial charge in [0, 0.05) is 11.1 Å². The Morgan fingerprint density at radius 3 is 1.10 bits per heavy atom. The van der Waals surface area contributed by atoms with Crippen molar-refractivity contribution in [3.8, 4) is 0 Å². The summed E-state index contributed by atoms with van der Waals surface area (Å²) in [7, 11) is 0. The van der Waals surface area contributed by atoms with Gasteiger partial charge >= 0.3 is 0 Å². The Hall–Kier alpha value is -1.64. The summed E-state index contributed by atoms with van der Waals surface area (Å²) in [5.41, 5.74) is 9.66. The van der Waals surface area contributed by atoms with Gasteiger partial charge in [-0.15, -0.1) is 0 Å². The standard InChI is InChI=1S/C19H22O2/c1-11-7-13(3)17(14(4)8-11)19(20-21-19)18-15(5)9-12(2)10-16(18)6/h7-10H,1-6H3. The highest BCUT2D eigenvalue weighted by Crippen LogP contribution is 2.51. The summed E-state index contributed by atoms with van der Waals surface area (Å²) in [5, 5.41) is 0. The van der Waals surface area contributed by atoms with Gasteiger partial charge in [0.2, 0.25) is 0 Å². The Labute approximate surface area is 126 Å². The van der Waals surface area contributed by atoms with Crippen LogP contribution in [0, 0.1) is 41.5 Å². The first kappa shape index (κ1) is 14.3. The molecule has 0 radical (unpaired) electrons. The highest BCUT2D eigenvalue weighted by atomic mass is 17.4. The molecule has 0 aliphatic carbocycles. The van der Waals surface area contributed by atoms with E-state index in [0.29, 0.717) is 0 Å². The minimum atomic E-state index is -0.719. The Bertz CT molecular complexity index is 619. The van der Waals surface area contributed by atoms with Crippen LogP contribution < -0.4 is 0 Å².